The first-order valence-electron chi connectivity index (χ1n) is 5.34. The van der Waals surface area contributed by atoms with Gasteiger partial charge < -0.3 is 11.1 Å². The molecule has 0 saturated heterocycles. The molecule has 17 heavy (non-hydrogen) atoms. The number of carbonyl (C=O) groups excluding carboxylic acids is 1. The Morgan fingerprint density at radius 3 is 2.71 bits per heavy atom. The highest BCUT2D eigenvalue weighted by Gasteiger charge is 2.16. The number of carbonyl (C=O) groups is 1. The van der Waals surface area contributed by atoms with E-state index in [-0.39, 0.29) is 5.91 Å². The monoisotopic (exact) mass is 246 g/mol. The van der Waals surface area contributed by atoms with Gasteiger partial charge in [-0.05, 0) is 30.0 Å². The SMILES string of the molecule is Cc1ccccc1NC(=O)C(N)c1cccs1. The van der Waals surface area contributed by atoms with Gasteiger partial charge in [-0.25, -0.2) is 0 Å². The van der Waals surface area contributed by atoms with E-state index in [4.69, 9.17) is 5.73 Å². The number of rotatable bonds is 3. The van der Waals surface area contributed by atoms with Crippen LogP contribution in [0.3, 0.4) is 0 Å². The number of hydrogen-bond acceptors (Lipinski definition) is 3. The number of para-hydroxylation sites is 1. The Bertz CT molecular complexity index is 508. The van der Waals surface area contributed by atoms with Crippen LogP contribution in [0.1, 0.15) is 16.5 Å². The lowest BCUT2D eigenvalue weighted by Gasteiger charge is -2.12. The summed E-state index contributed by atoms with van der Waals surface area (Å²) in [5.41, 5.74) is 7.72. The number of aryl methyl sites for hydroxylation is 1. The van der Waals surface area contributed by atoms with Crippen molar-refractivity contribution >= 4 is 22.9 Å². The molecule has 0 radical (unpaired) electrons. The highest BCUT2D eigenvalue weighted by Crippen LogP contribution is 2.20. The fraction of sp³-hybridized carbons (Fsp3) is 0.154. The minimum absolute atomic E-state index is 0.179. The van der Waals surface area contributed by atoms with Crippen LogP contribution in [0.25, 0.3) is 0 Å². The van der Waals surface area contributed by atoms with Crippen molar-refractivity contribution in [3.63, 3.8) is 0 Å². The molecule has 0 bridgehead atoms. The summed E-state index contributed by atoms with van der Waals surface area (Å²) in [7, 11) is 0. The highest BCUT2D eigenvalue weighted by molar-refractivity contribution is 7.10. The van der Waals surface area contributed by atoms with Gasteiger partial charge >= 0.3 is 0 Å². The zero-order valence-electron chi connectivity index (χ0n) is 9.51. The van der Waals surface area contributed by atoms with Gasteiger partial charge in [-0.3, -0.25) is 4.79 Å². The van der Waals surface area contributed by atoms with Gasteiger partial charge in [0.25, 0.3) is 0 Å². The van der Waals surface area contributed by atoms with Crippen LogP contribution in [0.2, 0.25) is 0 Å². The van der Waals surface area contributed by atoms with E-state index in [1.807, 2.05) is 48.7 Å². The summed E-state index contributed by atoms with van der Waals surface area (Å²) < 4.78 is 0. The fourth-order valence-corrected chi connectivity index (χ4v) is 2.25. The molecule has 3 N–H and O–H groups in total. The van der Waals surface area contributed by atoms with Crippen molar-refractivity contribution in [3.05, 3.63) is 52.2 Å². The fourth-order valence-electron chi connectivity index (χ4n) is 1.52. The van der Waals surface area contributed by atoms with Crippen LogP contribution in [-0.4, -0.2) is 5.91 Å². The number of benzene rings is 1. The molecule has 0 aliphatic heterocycles. The molecule has 0 spiro atoms. The Morgan fingerprint density at radius 1 is 1.29 bits per heavy atom. The third-order valence-electron chi connectivity index (χ3n) is 2.54. The average molecular weight is 246 g/mol. The number of anilines is 1. The van der Waals surface area contributed by atoms with E-state index in [9.17, 15) is 4.79 Å². The van der Waals surface area contributed by atoms with Crippen LogP contribution < -0.4 is 11.1 Å². The van der Waals surface area contributed by atoms with Gasteiger partial charge in [0.05, 0.1) is 0 Å². The Kier molecular flexibility index (Phi) is 3.56. The highest BCUT2D eigenvalue weighted by atomic mass is 32.1. The lowest BCUT2D eigenvalue weighted by atomic mass is 10.2. The van der Waals surface area contributed by atoms with Gasteiger partial charge in [0.2, 0.25) is 5.91 Å². The van der Waals surface area contributed by atoms with Gasteiger partial charge in [0.1, 0.15) is 6.04 Å². The van der Waals surface area contributed by atoms with E-state index in [2.05, 4.69) is 5.32 Å². The van der Waals surface area contributed by atoms with Gasteiger partial charge in [0.15, 0.2) is 0 Å². The second-order valence-corrected chi connectivity index (χ2v) is 4.78. The third kappa shape index (κ3) is 2.72. The van der Waals surface area contributed by atoms with Crippen molar-refractivity contribution in [2.75, 3.05) is 5.32 Å². The van der Waals surface area contributed by atoms with Crippen molar-refractivity contribution in [1.82, 2.24) is 0 Å². The van der Waals surface area contributed by atoms with Crippen LogP contribution in [-0.2, 0) is 4.79 Å². The second-order valence-electron chi connectivity index (χ2n) is 3.80. The number of hydrogen-bond donors (Lipinski definition) is 2. The molecule has 2 rings (SSSR count). The molecular formula is C13H14N2OS. The molecule has 1 heterocycles. The van der Waals surface area contributed by atoms with Crippen LogP contribution in [0, 0.1) is 6.92 Å². The van der Waals surface area contributed by atoms with Crippen molar-refractivity contribution in [1.29, 1.82) is 0 Å². The first-order valence-corrected chi connectivity index (χ1v) is 6.22. The summed E-state index contributed by atoms with van der Waals surface area (Å²) in [4.78, 5) is 12.8. The minimum atomic E-state index is -0.602. The zero-order valence-corrected chi connectivity index (χ0v) is 10.3. The molecule has 2 aromatic rings. The number of nitrogens with one attached hydrogen (secondary N) is 1. The molecule has 4 heteroatoms. The topological polar surface area (TPSA) is 55.1 Å². The first-order chi connectivity index (χ1) is 8.18. The minimum Gasteiger partial charge on any atom is -0.324 e. The maximum atomic E-state index is 11.9. The lowest BCUT2D eigenvalue weighted by molar-refractivity contribution is -0.117. The number of thiophene rings is 1. The van der Waals surface area contributed by atoms with Gasteiger partial charge in [0, 0.05) is 10.6 Å². The molecule has 0 aliphatic carbocycles. The molecule has 3 nitrogen and oxygen atoms in total. The summed E-state index contributed by atoms with van der Waals surface area (Å²) in [6, 6.07) is 10.8. The van der Waals surface area contributed by atoms with Crippen molar-refractivity contribution in [2.45, 2.75) is 13.0 Å². The Labute approximate surface area is 104 Å². The molecular weight excluding hydrogens is 232 g/mol. The molecule has 1 aromatic heterocycles. The zero-order chi connectivity index (χ0) is 12.3. The van der Waals surface area contributed by atoms with E-state index in [0.29, 0.717) is 0 Å². The molecule has 0 aliphatic rings. The summed E-state index contributed by atoms with van der Waals surface area (Å²) in [6.45, 7) is 1.95. The van der Waals surface area contributed by atoms with Gasteiger partial charge in [-0.2, -0.15) is 0 Å². The summed E-state index contributed by atoms with van der Waals surface area (Å²) in [5, 5.41) is 4.75. The normalized spacial score (nSPS) is 12.1. The molecule has 1 amide bonds. The van der Waals surface area contributed by atoms with Gasteiger partial charge in [-0.15, -0.1) is 11.3 Å². The molecule has 0 fully saturated rings. The van der Waals surface area contributed by atoms with Crippen LogP contribution in [0.15, 0.2) is 41.8 Å². The molecule has 88 valence electrons. The van der Waals surface area contributed by atoms with Crippen LogP contribution in [0.4, 0.5) is 5.69 Å². The standard InChI is InChI=1S/C13H14N2OS/c1-9-5-2-3-6-10(9)15-13(16)12(14)11-7-4-8-17-11/h2-8,12H,14H2,1H3,(H,15,16). The van der Waals surface area contributed by atoms with Crippen molar-refractivity contribution < 1.29 is 4.79 Å². The molecule has 0 saturated carbocycles. The number of nitrogens with two attached hydrogens (primary N) is 1. The summed E-state index contributed by atoms with van der Waals surface area (Å²) in [6.07, 6.45) is 0. The Balaban J connectivity index is 2.10. The molecule has 1 atom stereocenters. The van der Waals surface area contributed by atoms with E-state index >= 15 is 0 Å². The van der Waals surface area contributed by atoms with E-state index in [0.717, 1.165) is 16.1 Å². The largest absolute Gasteiger partial charge is 0.324 e. The predicted octanol–water partition coefficient (Wildman–Crippen LogP) is 2.70. The molecule has 1 aromatic carbocycles. The maximum Gasteiger partial charge on any atom is 0.246 e. The average Bonchev–Trinajstić information content (AvgIpc) is 2.84. The molecule has 1 unspecified atom stereocenters. The van der Waals surface area contributed by atoms with Gasteiger partial charge in [-0.1, -0.05) is 24.3 Å². The van der Waals surface area contributed by atoms with Crippen molar-refractivity contribution in [3.8, 4) is 0 Å². The van der Waals surface area contributed by atoms with Crippen LogP contribution >= 0.6 is 11.3 Å². The quantitative estimate of drug-likeness (QED) is 0.874. The first kappa shape index (κ1) is 11.8. The third-order valence-corrected chi connectivity index (χ3v) is 3.49. The lowest BCUT2D eigenvalue weighted by Crippen LogP contribution is -2.27. The van der Waals surface area contributed by atoms with E-state index in [1.165, 1.54) is 11.3 Å². The van der Waals surface area contributed by atoms with E-state index < -0.39 is 6.04 Å². The number of amides is 1. The Hall–Kier alpha value is -1.65. The van der Waals surface area contributed by atoms with Crippen LogP contribution in [0.5, 0.6) is 0 Å². The Morgan fingerprint density at radius 2 is 2.06 bits per heavy atom. The smallest absolute Gasteiger partial charge is 0.246 e. The van der Waals surface area contributed by atoms with E-state index in [1.54, 1.807) is 0 Å². The summed E-state index contributed by atoms with van der Waals surface area (Å²) in [5.74, 6) is -0.179. The predicted molar refractivity (Wildman–Crippen MR) is 71.1 cm³/mol. The second kappa shape index (κ2) is 5.12. The summed E-state index contributed by atoms with van der Waals surface area (Å²) >= 11 is 1.49. The van der Waals surface area contributed by atoms with Crippen molar-refractivity contribution in [2.24, 2.45) is 5.73 Å². The maximum absolute atomic E-state index is 11.9.